The van der Waals surface area contributed by atoms with E-state index in [1.807, 2.05) is 60.7 Å². The van der Waals surface area contributed by atoms with Crippen LogP contribution in [0.25, 0.3) is 0 Å². The maximum Gasteiger partial charge on any atom is 0.156 e. The van der Waals surface area contributed by atoms with Gasteiger partial charge in [0.15, 0.2) is 5.78 Å². The quantitative estimate of drug-likeness (QED) is 0.222. The fourth-order valence-electron chi connectivity index (χ4n) is 4.49. The number of carbonyl (C=O) groups excluding carboxylic acids is 1. The lowest BCUT2D eigenvalue weighted by atomic mass is 9.76. The van der Waals surface area contributed by atoms with Crippen molar-refractivity contribution in [3.8, 4) is 23.0 Å². The van der Waals surface area contributed by atoms with Gasteiger partial charge in [-0.2, -0.15) is 0 Å². The number of hydrogen-bond donors (Lipinski definition) is 4. The topological polar surface area (TPSA) is 116 Å². The standard InChI is InChI=1S/C31H30O7/c32-15-17-37-23-11-13-25(27(34)19-23)29(21-7-3-1-4-8-21)31(36)30(22-9-5-2-6-10-22)26-14-12-24(20-28(26)35)38-18-16-33/h1-14,19-20,29-30,32-35H,15-18H2. The molecular formula is C31H30O7. The van der Waals surface area contributed by atoms with Gasteiger partial charge in [-0.05, 0) is 23.3 Å². The number of Topliss-reactive ketones (excluding diaryl/α,β-unsaturated/α-hetero) is 1. The zero-order valence-electron chi connectivity index (χ0n) is 20.7. The molecule has 0 saturated carbocycles. The van der Waals surface area contributed by atoms with Crippen LogP contribution in [-0.2, 0) is 4.79 Å². The zero-order valence-corrected chi connectivity index (χ0v) is 20.7. The number of aromatic hydroxyl groups is 2. The third kappa shape index (κ3) is 6.14. The van der Waals surface area contributed by atoms with Crippen molar-refractivity contribution in [2.45, 2.75) is 11.8 Å². The third-order valence-corrected chi connectivity index (χ3v) is 6.18. The maximum absolute atomic E-state index is 14.5. The lowest BCUT2D eigenvalue weighted by Crippen LogP contribution is -2.23. The molecule has 0 fully saturated rings. The third-order valence-electron chi connectivity index (χ3n) is 6.18. The Morgan fingerprint density at radius 3 is 1.34 bits per heavy atom. The van der Waals surface area contributed by atoms with Crippen LogP contribution in [0.2, 0.25) is 0 Å². The second-order valence-electron chi connectivity index (χ2n) is 8.68. The summed E-state index contributed by atoms with van der Waals surface area (Å²) in [5.74, 6) is -1.47. The molecule has 0 bridgehead atoms. The van der Waals surface area contributed by atoms with Gasteiger partial charge in [-0.25, -0.2) is 0 Å². The van der Waals surface area contributed by atoms with Crippen LogP contribution >= 0.6 is 0 Å². The molecule has 4 rings (SSSR count). The Bertz CT molecular complexity index is 1240. The molecule has 2 atom stereocenters. The first-order chi connectivity index (χ1) is 18.5. The molecule has 7 heteroatoms. The van der Waals surface area contributed by atoms with Crippen molar-refractivity contribution in [2.24, 2.45) is 0 Å². The van der Waals surface area contributed by atoms with Gasteiger partial charge < -0.3 is 29.9 Å². The molecule has 0 saturated heterocycles. The number of hydrogen-bond acceptors (Lipinski definition) is 7. The summed E-state index contributed by atoms with van der Waals surface area (Å²) in [5.41, 5.74) is 2.14. The molecule has 0 aliphatic heterocycles. The van der Waals surface area contributed by atoms with Crippen LogP contribution in [-0.4, -0.2) is 52.6 Å². The highest BCUT2D eigenvalue weighted by Crippen LogP contribution is 2.42. The fraction of sp³-hybridized carbons (Fsp3) is 0.194. The average molecular weight is 515 g/mol. The number of rotatable bonds is 12. The molecule has 4 aromatic carbocycles. The zero-order chi connectivity index (χ0) is 26.9. The number of ketones is 1. The smallest absolute Gasteiger partial charge is 0.156 e. The minimum atomic E-state index is -0.863. The molecular weight excluding hydrogens is 484 g/mol. The summed E-state index contributed by atoms with van der Waals surface area (Å²) in [6.45, 7) is -0.181. The molecule has 0 aliphatic carbocycles. The van der Waals surface area contributed by atoms with E-state index >= 15 is 0 Å². The highest BCUT2D eigenvalue weighted by Gasteiger charge is 2.34. The van der Waals surface area contributed by atoms with Crippen molar-refractivity contribution < 1.29 is 34.7 Å². The number of ether oxygens (including phenoxy) is 2. The van der Waals surface area contributed by atoms with Crippen LogP contribution in [0.3, 0.4) is 0 Å². The van der Waals surface area contributed by atoms with Crippen LogP contribution < -0.4 is 9.47 Å². The lowest BCUT2D eigenvalue weighted by molar-refractivity contribution is -0.120. The van der Waals surface area contributed by atoms with E-state index in [0.717, 1.165) is 0 Å². The summed E-state index contributed by atoms with van der Waals surface area (Å²) in [7, 11) is 0. The average Bonchev–Trinajstić information content (AvgIpc) is 2.94. The predicted octanol–water partition coefficient (Wildman–Crippen LogP) is 4.37. The van der Waals surface area contributed by atoms with E-state index in [1.165, 1.54) is 12.1 Å². The van der Waals surface area contributed by atoms with Crippen molar-refractivity contribution >= 4 is 5.78 Å². The SMILES string of the molecule is O=C(C(c1ccccc1)c1ccc(OCCO)cc1O)C(c1ccccc1)c1ccc(OCCO)cc1O. The second-order valence-corrected chi connectivity index (χ2v) is 8.68. The van der Waals surface area contributed by atoms with E-state index in [2.05, 4.69) is 0 Å². The van der Waals surface area contributed by atoms with Gasteiger partial charge >= 0.3 is 0 Å². The Kier molecular flexibility index (Phi) is 8.98. The Hall–Kier alpha value is -4.33. The maximum atomic E-state index is 14.5. The molecule has 4 aromatic rings. The number of aliphatic hydroxyl groups is 2. The highest BCUT2D eigenvalue weighted by molar-refractivity contribution is 5.98. The molecule has 7 nitrogen and oxygen atoms in total. The number of carbonyl (C=O) groups is 1. The summed E-state index contributed by atoms with van der Waals surface area (Å²) in [6, 6.07) is 27.7. The van der Waals surface area contributed by atoms with Crippen LogP contribution in [0.5, 0.6) is 23.0 Å². The molecule has 0 spiro atoms. The molecule has 0 aromatic heterocycles. The van der Waals surface area contributed by atoms with Gasteiger partial charge in [0.25, 0.3) is 0 Å². The van der Waals surface area contributed by atoms with Crippen LogP contribution in [0.4, 0.5) is 0 Å². The molecule has 0 amide bonds. The minimum Gasteiger partial charge on any atom is -0.507 e. The molecule has 38 heavy (non-hydrogen) atoms. The first kappa shape index (κ1) is 26.7. The second kappa shape index (κ2) is 12.8. The molecule has 196 valence electrons. The molecule has 4 N–H and O–H groups in total. The Balaban J connectivity index is 1.83. The van der Waals surface area contributed by atoms with E-state index in [4.69, 9.17) is 19.7 Å². The van der Waals surface area contributed by atoms with Crippen molar-refractivity contribution in [3.05, 3.63) is 119 Å². The van der Waals surface area contributed by atoms with Gasteiger partial charge in [0, 0.05) is 23.3 Å². The lowest BCUT2D eigenvalue weighted by Gasteiger charge is -2.26. The molecule has 0 radical (unpaired) electrons. The number of phenols is 2. The highest BCUT2D eigenvalue weighted by atomic mass is 16.5. The number of aliphatic hydroxyl groups excluding tert-OH is 2. The molecule has 0 aliphatic rings. The van der Waals surface area contributed by atoms with Crippen molar-refractivity contribution in [3.63, 3.8) is 0 Å². The summed E-state index contributed by atoms with van der Waals surface area (Å²) in [6.07, 6.45) is 0. The van der Waals surface area contributed by atoms with E-state index < -0.39 is 11.8 Å². The first-order valence-electron chi connectivity index (χ1n) is 12.3. The first-order valence-corrected chi connectivity index (χ1v) is 12.3. The normalized spacial score (nSPS) is 12.5. The van der Waals surface area contributed by atoms with E-state index in [0.29, 0.717) is 33.8 Å². The van der Waals surface area contributed by atoms with Gasteiger partial charge in [-0.1, -0.05) is 72.8 Å². The molecule has 2 unspecified atom stereocenters. The van der Waals surface area contributed by atoms with Gasteiger partial charge in [0.2, 0.25) is 0 Å². The summed E-state index contributed by atoms with van der Waals surface area (Å²) < 4.78 is 10.8. The van der Waals surface area contributed by atoms with E-state index in [9.17, 15) is 15.0 Å². The Morgan fingerprint density at radius 2 is 1.00 bits per heavy atom. The number of benzene rings is 4. The van der Waals surface area contributed by atoms with Crippen LogP contribution in [0, 0.1) is 0 Å². The van der Waals surface area contributed by atoms with Gasteiger partial charge in [0.1, 0.15) is 36.2 Å². The van der Waals surface area contributed by atoms with E-state index in [-0.39, 0.29) is 43.7 Å². The van der Waals surface area contributed by atoms with Crippen molar-refractivity contribution in [1.82, 2.24) is 0 Å². The van der Waals surface area contributed by atoms with Gasteiger partial charge in [-0.3, -0.25) is 4.79 Å². The Labute approximate surface area is 221 Å². The summed E-state index contributed by atoms with van der Waals surface area (Å²) in [5, 5.41) is 40.1. The van der Waals surface area contributed by atoms with Crippen molar-refractivity contribution in [1.29, 1.82) is 0 Å². The minimum absolute atomic E-state index is 0.0766. The monoisotopic (exact) mass is 514 g/mol. The van der Waals surface area contributed by atoms with E-state index in [1.54, 1.807) is 24.3 Å². The van der Waals surface area contributed by atoms with Gasteiger partial charge in [0.05, 0.1) is 25.0 Å². The van der Waals surface area contributed by atoms with Crippen molar-refractivity contribution in [2.75, 3.05) is 26.4 Å². The fourth-order valence-corrected chi connectivity index (χ4v) is 4.49. The molecule has 0 heterocycles. The largest absolute Gasteiger partial charge is 0.507 e. The van der Waals surface area contributed by atoms with Crippen LogP contribution in [0.1, 0.15) is 34.1 Å². The van der Waals surface area contributed by atoms with Gasteiger partial charge in [-0.15, -0.1) is 0 Å². The summed E-state index contributed by atoms with van der Waals surface area (Å²) in [4.78, 5) is 14.5. The Morgan fingerprint density at radius 1 is 0.605 bits per heavy atom. The summed E-state index contributed by atoms with van der Waals surface area (Å²) >= 11 is 0. The number of phenolic OH excluding ortho intramolecular Hbond substituents is 2. The predicted molar refractivity (Wildman–Crippen MR) is 143 cm³/mol. The van der Waals surface area contributed by atoms with Crippen LogP contribution in [0.15, 0.2) is 97.1 Å².